The normalized spacial score (nSPS) is 29.9. The Bertz CT molecular complexity index is 695. The number of aliphatic carboxylic acids is 1. The molecule has 6 nitrogen and oxygen atoms in total. The summed E-state index contributed by atoms with van der Waals surface area (Å²) in [5.74, 6) is -1.97. The molecule has 0 aliphatic carbocycles. The van der Waals surface area contributed by atoms with Crippen LogP contribution in [0.1, 0.15) is 62.1 Å². The molecule has 1 saturated heterocycles. The molecule has 2 heterocycles. The molecule has 2 N–H and O–H groups in total. The van der Waals surface area contributed by atoms with Crippen LogP contribution in [-0.2, 0) is 9.53 Å². The third kappa shape index (κ3) is 3.11. The lowest BCUT2D eigenvalue weighted by molar-refractivity contribution is -0.188. The summed E-state index contributed by atoms with van der Waals surface area (Å²) in [5, 5.41) is 18.9. The molecule has 3 rings (SSSR count). The van der Waals surface area contributed by atoms with Crippen LogP contribution >= 0.6 is 0 Å². The van der Waals surface area contributed by atoms with Crippen LogP contribution < -0.4 is 4.74 Å². The maximum atomic E-state index is 11.7. The summed E-state index contributed by atoms with van der Waals surface area (Å²) >= 11 is 0. The number of carboxylic acid groups (broad SMARTS) is 2. The Kier molecular flexibility index (Phi) is 4.49. The SMILES string of the molecule is CCC[C@H]1O[C@H]2c3cc(C(=O)O)ccc3OC(C)(C)[C@@H]2C[C@@H]1C(=O)O. The molecule has 1 aromatic carbocycles. The molecular weight excluding hydrogens is 324 g/mol. The van der Waals surface area contributed by atoms with E-state index in [9.17, 15) is 19.8 Å². The van der Waals surface area contributed by atoms with Gasteiger partial charge in [0.05, 0.1) is 23.7 Å². The number of carbonyl (C=O) groups is 2. The van der Waals surface area contributed by atoms with Crippen molar-refractivity contribution in [1.29, 1.82) is 0 Å². The highest BCUT2D eigenvalue weighted by Crippen LogP contribution is 2.52. The van der Waals surface area contributed by atoms with Crippen molar-refractivity contribution in [3.05, 3.63) is 29.3 Å². The molecule has 0 aromatic heterocycles. The highest BCUT2D eigenvalue weighted by molar-refractivity contribution is 5.88. The van der Waals surface area contributed by atoms with Gasteiger partial charge >= 0.3 is 11.9 Å². The van der Waals surface area contributed by atoms with Crippen molar-refractivity contribution in [1.82, 2.24) is 0 Å². The Morgan fingerprint density at radius 1 is 1.28 bits per heavy atom. The van der Waals surface area contributed by atoms with Crippen molar-refractivity contribution >= 4 is 11.9 Å². The van der Waals surface area contributed by atoms with Crippen molar-refractivity contribution in [3.63, 3.8) is 0 Å². The summed E-state index contributed by atoms with van der Waals surface area (Å²) in [4.78, 5) is 23.0. The second-order valence-electron chi connectivity index (χ2n) is 7.43. The van der Waals surface area contributed by atoms with Crippen LogP contribution in [0.25, 0.3) is 0 Å². The van der Waals surface area contributed by atoms with Crippen molar-refractivity contribution < 1.29 is 29.3 Å². The third-order valence-corrected chi connectivity index (χ3v) is 5.36. The van der Waals surface area contributed by atoms with Gasteiger partial charge in [0.25, 0.3) is 0 Å². The summed E-state index contributed by atoms with van der Waals surface area (Å²) in [6, 6.07) is 4.77. The fourth-order valence-electron chi connectivity index (χ4n) is 4.03. The van der Waals surface area contributed by atoms with Gasteiger partial charge in [-0.2, -0.15) is 0 Å². The van der Waals surface area contributed by atoms with E-state index in [1.165, 1.54) is 6.07 Å². The maximum Gasteiger partial charge on any atom is 0.335 e. The number of aromatic carboxylic acids is 1. The predicted molar refractivity (Wildman–Crippen MR) is 89.9 cm³/mol. The lowest BCUT2D eigenvalue weighted by Crippen LogP contribution is -2.52. The van der Waals surface area contributed by atoms with E-state index in [0.717, 1.165) is 6.42 Å². The molecule has 0 radical (unpaired) electrons. The second kappa shape index (κ2) is 6.33. The topological polar surface area (TPSA) is 93.1 Å². The molecule has 0 saturated carbocycles. The van der Waals surface area contributed by atoms with Crippen LogP contribution in [-0.4, -0.2) is 33.9 Å². The largest absolute Gasteiger partial charge is 0.487 e. The molecule has 0 spiro atoms. The molecular formula is C19H24O6. The smallest absolute Gasteiger partial charge is 0.335 e. The average Bonchev–Trinajstić information content (AvgIpc) is 2.53. The fraction of sp³-hybridized carbons (Fsp3) is 0.579. The first-order chi connectivity index (χ1) is 11.7. The number of ether oxygens (including phenoxy) is 2. The predicted octanol–water partition coefficient (Wildman–Crippen LogP) is 3.50. The summed E-state index contributed by atoms with van der Waals surface area (Å²) < 4.78 is 12.3. The standard InChI is InChI=1S/C19H24O6/c1-4-5-14-12(18(22)23)9-13-16(24-14)11-8-10(17(20)21)6-7-15(11)25-19(13,2)3/h6-8,12-14,16H,4-5,9H2,1-3H3,(H,20,21)(H,22,23)/t12-,13+,14+,16-/m0/s1. The average molecular weight is 348 g/mol. The van der Waals surface area contributed by atoms with Gasteiger partial charge in [-0.15, -0.1) is 0 Å². The molecule has 2 aliphatic rings. The van der Waals surface area contributed by atoms with E-state index >= 15 is 0 Å². The van der Waals surface area contributed by atoms with E-state index in [-0.39, 0.29) is 23.7 Å². The Labute approximate surface area is 146 Å². The molecule has 25 heavy (non-hydrogen) atoms. The number of fused-ring (bicyclic) bond motifs is 3. The zero-order valence-electron chi connectivity index (χ0n) is 14.7. The number of hydrogen-bond donors (Lipinski definition) is 2. The summed E-state index contributed by atoms with van der Waals surface area (Å²) in [6.07, 6.45) is 1.21. The Morgan fingerprint density at radius 2 is 2.00 bits per heavy atom. The number of rotatable bonds is 4. The molecule has 0 unspecified atom stereocenters. The first kappa shape index (κ1) is 17.7. The van der Waals surface area contributed by atoms with E-state index in [0.29, 0.717) is 24.2 Å². The van der Waals surface area contributed by atoms with Crippen LogP contribution in [0.5, 0.6) is 5.75 Å². The van der Waals surface area contributed by atoms with Crippen molar-refractivity contribution in [2.24, 2.45) is 11.8 Å². The minimum Gasteiger partial charge on any atom is -0.487 e. The monoisotopic (exact) mass is 348 g/mol. The fourth-order valence-corrected chi connectivity index (χ4v) is 4.03. The van der Waals surface area contributed by atoms with E-state index in [1.54, 1.807) is 12.1 Å². The molecule has 136 valence electrons. The van der Waals surface area contributed by atoms with Gasteiger partial charge in [-0.1, -0.05) is 13.3 Å². The van der Waals surface area contributed by atoms with Gasteiger partial charge in [0, 0.05) is 11.5 Å². The minimum atomic E-state index is -1.01. The molecule has 2 aliphatic heterocycles. The first-order valence-corrected chi connectivity index (χ1v) is 8.69. The molecule has 0 amide bonds. The molecule has 1 aromatic rings. The van der Waals surface area contributed by atoms with Crippen molar-refractivity contribution in [2.75, 3.05) is 0 Å². The summed E-state index contributed by atoms with van der Waals surface area (Å²) in [6.45, 7) is 5.86. The van der Waals surface area contributed by atoms with E-state index in [2.05, 4.69) is 0 Å². The van der Waals surface area contributed by atoms with Gasteiger partial charge < -0.3 is 19.7 Å². The molecule has 4 atom stereocenters. The zero-order valence-corrected chi connectivity index (χ0v) is 14.7. The summed E-state index contributed by atoms with van der Waals surface area (Å²) in [7, 11) is 0. The Hall–Kier alpha value is -2.08. The van der Waals surface area contributed by atoms with Gasteiger partial charge in [-0.25, -0.2) is 4.79 Å². The molecule has 0 bridgehead atoms. The molecule has 6 heteroatoms. The van der Waals surface area contributed by atoms with Gasteiger partial charge in [0.15, 0.2) is 0 Å². The van der Waals surface area contributed by atoms with Crippen molar-refractivity contribution in [2.45, 2.75) is 57.8 Å². The van der Waals surface area contributed by atoms with Gasteiger partial charge in [-0.3, -0.25) is 4.79 Å². The second-order valence-corrected chi connectivity index (χ2v) is 7.43. The van der Waals surface area contributed by atoms with Gasteiger partial charge in [0.2, 0.25) is 0 Å². The third-order valence-electron chi connectivity index (χ3n) is 5.36. The van der Waals surface area contributed by atoms with Crippen molar-refractivity contribution in [3.8, 4) is 5.75 Å². The Morgan fingerprint density at radius 3 is 2.60 bits per heavy atom. The number of carboxylic acids is 2. The van der Waals surface area contributed by atoms with Gasteiger partial charge in [-0.05, 0) is 44.9 Å². The van der Waals surface area contributed by atoms with Crippen LogP contribution in [0.3, 0.4) is 0 Å². The van der Waals surface area contributed by atoms with E-state index < -0.39 is 23.5 Å². The van der Waals surface area contributed by atoms with Crippen LogP contribution in [0.4, 0.5) is 0 Å². The van der Waals surface area contributed by atoms with E-state index in [4.69, 9.17) is 9.47 Å². The van der Waals surface area contributed by atoms with Gasteiger partial charge in [0.1, 0.15) is 11.4 Å². The number of benzene rings is 1. The van der Waals surface area contributed by atoms with Crippen LogP contribution in [0.15, 0.2) is 18.2 Å². The zero-order chi connectivity index (χ0) is 18.4. The highest BCUT2D eigenvalue weighted by Gasteiger charge is 2.51. The lowest BCUT2D eigenvalue weighted by Gasteiger charge is -2.50. The minimum absolute atomic E-state index is 0.154. The van der Waals surface area contributed by atoms with Crippen LogP contribution in [0.2, 0.25) is 0 Å². The van der Waals surface area contributed by atoms with Crippen LogP contribution in [0, 0.1) is 11.8 Å². The maximum absolute atomic E-state index is 11.7. The summed E-state index contributed by atoms with van der Waals surface area (Å²) in [5.41, 5.74) is 0.291. The quantitative estimate of drug-likeness (QED) is 0.865. The lowest BCUT2D eigenvalue weighted by atomic mass is 9.71. The molecule has 1 fully saturated rings. The number of hydrogen-bond acceptors (Lipinski definition) is 4. The first-order valence-electron chi connectivity index (χ1n) is 8.69. The van der Waals surface area contributed by atoms with E-state index in [1.807, 2.05) is 20.8 Å². The highest BCUT2D eigenvalue weighted by atomic mass is 16.5. The Balaban J connectivity index is 2.04.